The minimum atomic E-state index is 0.432. The predicted octanol–water partition coefficient (Wildman–Crippen LogP) is 3.71. The van der Waals surface area contributed by atoms with Crippen LogP contribution in [0, 0.1) is 22.7 Å². The highest BCUT2D eigenvalue weighted by atomic mass is 14.4. The lowest BCUT2D eigenvalue weighted by Crippen LogP contribution is -2.30. The van der Waals surface area contributed by atoms with E-state index in [1.165, 1.54) is 17.5 Å². The van der Waals surface area contributed by atoms with Crippen LogP contribution in [0.25, 0.3) is 0 Å². The molecule has 1 unspecified atom stereocenters. The van der Waals surface area contributed by atoms with Crippen LogP contribution in [0.3, 0.4) is 0 Å². The molecule has 0 radical (unpaired) electrons. The Balaban J connectivity index is 2.33. The second kappa shape index (κ2) is 3.94. The second-order valence-corrected chi connectivity index (χ2v) is 5.58. The summed E-state index contributed by atoms with van der Waals surface area (Å²) in [6.45, 7) is 7.02. The van der Waals surface area contributed by atoms with Crippen molar-refractivity contribution < 1.29 is 0 Å². The number of nitriles is 1. The summed E-state index contributed by atoms with van der Waals surface area (Å²) in [5.41, 5.74) is 4.06. The van der Waals surface area contributed by atoms with E-state index in [1.807, 2.05) is 6.07 Å². The van der Waals surface area contributed by atoms with Gasteiger partial charge in [0.2, 0.25) is 0 Å². The number of rotatable bonds is 1. The molecule has 16 heavy (non-hydrogen) atoms. The molecule has 0 heterocycles. The van der Waals surface area contributed by atoms with Crippen molar-refractivity contribution in [2.24, 2.45) is 11.3 Å². The highest BCUT2D eigenvalue weighted by Gasteiger charge is 2.32. The van der Waals surface area contributed by atoms with Gasteiger partial charge in [-0.2, -0.15) is 5.26 Å². The molecule has 0 saturated carbocycles. The lowest BCUT2D eigenvalue weighted by Gasteiger charge is -2.38. The summed E-state index contributed by atoms with van der Waals surface area (Å²) in [5, 5.41) is 8.88. The van der Waals surface area contributed by atoms with Gasteiger partial charge in [-0.25, -0.2) is 0 Å². The maximum absolute atomic E-state index is 8.88. The number of nitrogens with zero attached hydrogens (tertiary/aromatic N) is 1. The lowest BCUT2D eigenvalue weighted by molar-refractivity contribution is 0.187. The van der Waals surface area contributed by atoms with Gasteiger partial charge in [0, 0.05) is 0 Å². The first-order valence-corrected chi connectivity index (χ1v) is 6.07. The SMILES string of the molecule is CC(C)C1(C)CCc2cc(C#N)ccc2C1. The van der Waals surface area contributed by atoms with E-state index in [2.05, 4.69) is 39.0 Å². The zero-order valence-corrected chi connectivity index (χ0v) is 10.4. The zero-order valence-electron chi connectivity index (χ0n) is 10.4. The second-order valence-electron chi connectivity index (χ2n) is 5.58. The minimum Gasteiger partial charge on any atom is -0.192 e. The van der Waals surface area contributed by atoms with Gasteiger partial charge in [0.15, 0.2) is 0 Å². The molecule has 0 saturated heterocycles. The molecule has 0 amide bonds. The maximum Gasteiger partial charge on any atom is 0.0991 e. The molecule has 1 aliphatic carbocycles. The fourth-order valence-corrected chi connectivity index (χ4v) is 2.54. The average molecular weight is 213 g/mol. The Bertz CT molecular complexity index is 439. The third kappa shape index (κ3) is 1.85. The molecule has 2 rings (SSSR count). The van der Waals surface area contributed by atoms with Crippen LogP contribution in [0.5, 0.6) is 0 Å². The van der Waals surface area contributed by atoms with Crippen molar-refractivity contribution in [1.82, 2.24) is 0 Å². The van der Waals surface area contributed by atoms with Crippen molar-refractivity contribution in [3.05, 3.63) is 34.9 Å². The summed E-state index contributed by atoms with van der Waals surface area (Å²) in [5.74, 6) is 0.719. The van der Waals surface area contributed by atoms with Crippen molar-refractivity contribution in [3.63, 3.8) is 0 Å². The van der Waals surface area contributed by atoms with Crippen molar-refractivity contribution >= 4 is 0 Å². The molecule has 0 aromatic heterocycles. The van der Waals surface area contributed by atoms with Gasteiger partial charge in [-0.3, -0.25) is 0 Å². The molecule has 0 aliphatic heterocycles. The Labute approximate surface area is 98.1 Å². The largest absolute Gasteiger partial charge is 0.192 e. The maximum atomic E-state index is 8.88. The topological polar surface area (TPSA) is 23.8 Å². The molecule has 1 heteroatoms. The van der Waals surface area contributed by atoms with Crippen LogP contribution in [0.2, 0.25) is 0 Å². The molecular weight excluding hydrogens is 194 g/mol. The van der Waals surface area contributed by atoms with Gasteiger partial charge >= 0.3 is 0 Å². The number of fused-ring (bicyclic) bond motifs is 1. The Hall–Kier alpha value is -1.29. The average Bonchev–Trinajstić information content (AvgIpc) is 2.28. The first kappa shape index (κ1) is 11.2. The van der Waals surface area contributed by atoms with Crippen molar-refractivity contribution in [1.29, 1.82) is 5.26 Å². The first-order valence-electron chi connectivity index (χ1n) is 6.07. The molecule has 0 fully saturated rings. The number of hydrogen-bond donors (Lipinski definition) is 0. The van der Waals surface area contributed by atoms with Crippen LogP contribution in [0.4, 0.5) is 0 Å². The monoisotopic (exact) mass is 213 g/mol. The zero-order chi connectivity index (χ0) is 11.8. The molecule has 0 N–H and O–H groups in total. The van der Waals surface area contributed by atoms with E-state index in [0.29, 0.717) is 5.41 Å². The fourth-order valence-electron chi connectivity index (χ4n) is 2.54. The van der Waals surface area contributed by atoms with Crippen molar-refractivity contribution in [2.75, 3.05) is 0 Å². The summed E-state index contributed by atoms with van der Waals surface area (Å²) < 4.78 is 0. The summed E-state index contributed by atoms with van der Waals surface area (Å²) in [7, 11) is 0. The summed E-state index contributed by atoms with van der Waals surface area (Å²) in [6, 6.07) is 8.38. The lowest BCUT2D eigenvalue weighted by atomic mass is 9.66. The predicted molar refractivity (Wildman–Crippen MR) is 66.1 cm³/mol. The van der Waals surface area contributed by atoms with Crippen molar-refractivity contribution in [3.8, 4) is 6.07 Å². The normalized spacial score (nSPS) is 23.9. The highest BCUT2D eigenvalue weighted by Crippen LogP contribution is 2.40. The smallest absolute Gasteiger partial charge is 0.0991 e. The van der Waals surface area contributed by atoms with Crippen LogP contribution >= 0.6 is 0 Å². The third-order valence-corrected chi connectivity index (χ3v) is 4.29. The Morgan fingerprint density at radius 2 is 2.06 bits per heavy atom. The molecule has 84 valence electrons. The number of aryl methyl sites for hydroxylation is 1. The van der Waals surface area contributed by atoms with Crippen LogP contribution in [0.15, 0.2) is 18.2 Å². The van der Waals surface area contributed by atoms with Gasteiger partial charge in [0.1, 0.15) is 0 Å². The molecule has 1 aromatic rings. The summed E-state index contributed by atoms with van der Waals surface area (Å²) in [4.78, 5) is 0. The summed E-state index contributed by atoms with van der Waals surface area (Å²) in [6.07, 6.45) is 3.53. The molecule has 0 bridgehead atoms. The van der Waals surface area contributed by atoms with E-state index >= 15 is 0 Å². The molecule has 1 aromatic carbocycles. The van der Waals surface area contributed by atoms with Crippen LogP contribution < -0.4 is 0 Å². The Morgan fingerprint density at radius 3 is 2.69 bits per heavy atom. The molecular formula is C15H19N. The molecule has 1 nitrogen and oxygen atoms in total. The first-order chi connectivity index (χ1) is 7.55. The van der Waals surface area contributed by atoms with Gasteiger partial charge in [-0.05, 0) is 53.9 Å². The van der Waals surface area contributed by atoms with E-state index in [0.717, 1.165) is 24.3 Å². The molecule has 0 spiro atoms. The fraction of sp³-hybridized carbons (Fsp3) is 0.533. The highest BCUT2D eigenvalue weighted by molar-refractivity contribution is 5.40. The van der Waals surface area contributed by atoms with Crippen LogP contribution in [-0.2, 0) is 12.8 Å². The van der Waals surface area contributed by atoms with Crippen molar-refractivity contribution in [2.45, 2.75) is 40.0 Å². The minimum absolute atomic E-state index is 0.432. The third-order valence-electron chi connectivity index (χ3n) is 4.29. The number of hydrogen-bond acceptors (Lipinski definition) is 1. The van der Waals surface area contributed by atoms with E-state index in [1.54, 1.807) is 0 Å². The van der Waals surface area contributed by atoms with Gasteiger partial charge in [-0.15, -0.1) is 0 Å². The van der Waals surface area contributed by atoms with Crippen LogP contribution in [0.1, 0.15) is 43.9 Å². The van der Waals surface area contributed by atoms with Crippen LogP contribution in [-0.4, -0.2) is 0 Å². The van der Waals surface area contributed by atoms with E-state index in [4.69, 9.17) is 5.26 Å². The Morgan fingerprint density at radius 1 is 1.31 bits per heavy atom. The number of benzene rings is 1. The standard InChI is InChI=1S/C15H19N/c1-11(2)15(3)7-6-13-8-12(10-16)4-5-14(13)9-15/h4-5,8,11H,6-7,9H2,1-3H3. The van der Waals surface area contributed by atoms with E-state index in [-0.39, 0.29) is 0 Å². The molecule has 1 aliphatic rings. The quantitative estimate of drug-likeness (QED) is 0.697. The summed E-state index contributed by atoms with van der Waals surface area (Å²) >= 11 is 0. The van der Waals surface area contributed by atoms with E-state index < -0.39 is 0 Å². The van der Waals surface area contributed by atoms with Gasteiger partial charge < -0.3 is 0 Å². The van der Waals surface area contributed by atoms with E-state index in [9.17, 15) is 0 Å². The molecule has 1 atom stereocenters. The van der Waals surface area contributed by atoms with Gasteiger partial charge in [0.25, 0.3) is 0 Å². The van der Waals surface area contributed by atoms with Gasteiger partial charge in [0.05, 0.1) is 11.6 Å². The van der Waals surface area contributed by atoms with Gasteiger partial charge in [-0.1, -0.05) is 26.8 Å². The Kier molecular flexibility index (Phi) is 2.76.